The highest BCUT2D eigenvalue weighted by Gasteiger charge is 2.15. The summed E-state index contributed by atoms with van der Waals surface area (Å²) in [6.07, 6.45) is 1.59. The summed E-state index contributed by atoms with van der Waals surface area (Å²) in [4.78, 5) is 0. The van der Waals surface area contributed by atoms with E-state index < -0.39 is 0 Å². The van der Waals surface area contributed by atoms with Crippen molar-refractivity contribution in [2.45, 2.75) is 45.3 Å². The lowest BCUT2D eigenvalue weighted by Gasteiger charge is -2.22. The fraction of sp³-hybridized carbons (Fsp3) is 0.571. The van der Waals surface area contributed by atoms with Gasteiger partial charge in [0.1, 0.15) is 17.1 Å². The third-order valence-corrected chi connectivity index (χ3v) is 2.54. The van der Waals surface area contributed by atoms with Gasteiger partial charge in [0, 0.05) is 11.6 Å². The molecular weight excluding hydrogens is 228 g/mol. The van der Waals surface area contributed by atoms with Crippen molar-refractivity contribution in [1.29, 1.82) is 0 Å². The second-order valence-electron chi connectivity index (χ2n) is 5.47. The highest BCUT2D eigenvalue weighted by atomic mass is 16.5. The summed E-state index contributed by atoms with van der Waals surface area (Å²) in [5.41, 5.74) is 12.0. The molecule has 1 atom stereocenters. The van der Waals surface area contributed by atoms with E-state index in [1.165, 1.54) is 0 Å². The van der Waals surface area contributed by atoms with Gasteiger partial charge in [0.25, 0.3) is 0 Å². The number of phenols is 1. The van der Waals surface area contributed by atoms with Gasteiger partial charge in [-0.3, -0.25) is 0 Å². The molecule has 4 nitrogen and oxygen atoms in total. The van der Waals surface area contributed by atoms with Gasteiger partial charge in [0.2, 0.25) is 0 Å². The molecule has 0 aliphatic carbocycles. The Morgan fingerprint density at radius 1 is 1.33 bits per heavy atom. The molecule has 0 bridgehead atoms. The fourth-order valence-electron chi connectivity index (χ4n) is 1.74. The van der Waals surface area contributed by atoms with Gasteiger partial charge in [-0.2, -0.15) is 0 Å². The minimum atomic E-state index is -0.268. The Balaban J connectivity index is 2.87. The van der Waals surface area contributed by atoms with Crippen LogP contribution >= 0.6 is 0 Å². The summed E-state index contributed by atoms with van der Waals surface area (Å²) in [5.74, 6) is 0.930. The summed E-state index contributed by atoms with van der Waals surface area (Å²) in [7, 11) is 0. The Labute approximate surface area is 109 Å². The summed E-state index contributed by atoms with van der Waals surface area (Å²) in [6.45, 7) is 6.54. The van der Waals surface area contributed by atoms with Crippen LogP contribution < -0.4 is 16.2 Å². The van der Waals surface area contributed by atoms with Crippen molar-refractivity contribution in [3.8, 4) is 11.5 Å². The lowest BCUT2D eigenvalue weighted by atomic mass is 10.0. The van der Waals surface area contributed by atoms with Crippen LogP contribution in [0.25, 0.3) is 0 Å². The van der Waals surface area contributed by atoms with Gasteiger partial charge in [-0.25, -0.2) is 0 Å². The normalized spacial score (nSPS) is 13.4. The molecule has 0 spiro atoms. The van der Waals surface area contributed by atoms with Crippen LogP contribution in [0.3, 0.4) is 0 Å². The minimum absolute atomic E-state index is 0.209. The van der Waals surface area contributed by atoms with E-state index in [0.29, 0.717) is 12.1 Å². The molecule has 1 rings (SSSR count). The Morgan fingerprint density at radius 2 is 2.00 bits per heavy atom. The molecule has 18 heavy (non-hydrogen) atoms. The van der Waals surface area contributed by atoms with Gasteiger partial charge in [0.15, 0.2) is 0 Å². The van der Waals surface area contributed by atoms with Crippen LogP contribution in [0.4, 0.5) is 0 Å². The van der Waals surface area contributed by atoms with Crippen molar-refractivity contribution in [1.82, 2.24) is 0 Å². The predicted molar refractivity (Wildman–Crippen MR) is 73.7 cm³/mol. The highest BCUT2D eigenvalue weighted by molar-refractivity contribution is 5.41. The van der Waals surface area contributed by atoms with E-state index >= 15 is 0 Å². The maximum atomic E-state index is 9.84. The first-order chi connectivity index (χ1) is 8.33. The maximum Gasteiger partial charge on any atom is 0.120 e. The zero-order chi connectivity index (χ0) is 13.8. The number of aromatic hydroxyl groups is 1. The average molecular weight is 252 g/mol. The fourth-order valence-corrected chi connectivity index (χ4v) is 1.74. The van der Waals surface area contributed by atoms with Crippen LogP contribution in [0.2, 0.25) is 0 Å². The van der Waals surface area contributed by atoms with Crippen molar-refractivity contribution in [2.24, 2.45) is 11.5 Å². The molecular formula is C14H24N2O2. The number of rotatable bonds is 5. The van der Waals surface area contributed by atoms with Gasteiger partial charge in [-0.05, 0) is 58.4 Å². The second-order valence-corrected chi connectivity index (χ2v) is 5.47. The molecule has 0 saturated carbocycles. The Hall–Kier alpha value is -1.26. The van der Waals surface area contributed by atoms with Crippen molar-refractivity contribution in [3.05, 3.63) is 23.8 Å². The summed E-state index contributed by atoms with van der Waals surface area (Å²) < 4.78 is 5.76. The summed E-state index contributed by atoms with van der Waals surface area (Å²) >= 11 is 0. The van der Waals surface area contributed by atoms with Crippen molar-refractivity contribution in [3.63, 3.8) is 0 Å². The van der Waals surface area contributed by atoms with Crippen LogP contribution in [0.15, 0.2) is 18.2 Å². The smallest absolute Gasteiger partial charge is 0.120 e. The van der Waals surface area contributed by atoms with Crippen LogP contribution in [0.1, 0.15) is 45.2 Å². The molecule has 0 fully saturated rings. The largest absolute Gasteiger partial charge is 0.508 e. The SMILES string of the molecule is CC(C)(C)Oc1ccc(O)c([C@H](N)CCCN)c1. The minimum Gasteiger partial charge on any atom is -0.508 e. The molecule has 1 aromatic carbocycles. The van der Waals surface area contributed by atoms with E-state index in [0.717, 1.165) is 18.6 Å². The number of phenolic OH excluding ortho intramolecular Hbond substituents is 1. The zero-order valence-electron chi connectivity index (χ0n) is 11.4. The van der Waals surface area contributed by atoms with E-state index in [2.05, 4.69) is 0 Å². The molecule has 102 valence electrons. The molecule has 1 aromatic rings. The second kappa shape index (κ2) is 6.07. The third kappa shape index (κ3) is 4.55. The number of ether oxygens (including phenoxy) is 1. The molecule has 0 aliphatic heterocycles. The van der Waals surface area contributed by atoms with Gasteiger partial charge in [-0.15, -0.1) is 0 Å². The summed E-state index contributed by atoms with van der Waals surface area (Å²) in [6, 6.07) is 4.97. The Bertz CT molecular complexity index is 386. The summed E-state index contributed by atoms with van der Waals surface area (Å²) in [5, 5.41) is 9.84. The number of nitrogens with two attached hydrogens (primary N) is 2. The topological polar surface area (TPSA) is 81.5 Å². The molecule has 0 unspecified atom stereocenters. The molecule has 0 heterocycles. The molecule has 0 saturated heterocycles. The monoisotopic (exact) mass is 252 g/mol. The molecule has 0 aromatic heterocycles. The first-order valence-corrected chi connectivity index (χ1v) is 6.31. The average Bonchev–Trinajstić information content (AvgIpc) is 2.26. The van der Waals surface area contributed by atoms with Crippen molar-refractivity contribution in [2.75, 3.05) is 6.54 Å². The highest BCUT2D eigenvalue weighted by Crippen LogP contribution is 2.30. The van der Waals surface area contributed by atoms with E-state index in [9.17, 15) is 5.11 Å². The van der Waals surface area contributed by atoms with Crippen LogP contribution in [-0.4, -0.2) is 17.3 Å². The Morgan fingerprint density at radius 3 is 2.56 bits per heavy atom. The van der Waals surface area contributed by atoms with E-state index in [1.807, 2.05) is 26.8 Å². The van der Waals surface area contributed by atoms with Crippen molar-refractivity contribution >= 4 is 0 Å². The van der Waals surface area contributed by atoms with Crippen LogP contribution in [-0.2, 0) is 0 Å². The number of hydrogen-bond donors (Lipinski definition) is 3. The zero-order valence-corrected chi connectivity index (χ0v) is 11.4. The lowest BCUT2D eigenvalue weighted by Crippen LogP contribution is -2.23. The van der Waals surface area contributed by atoms with Gasteiger partial charge in [-0.1, -0.05) is 0 Å². The van der Waals surface area contributed by atoms with E-state index in [1.54, 1.807) is 12.1 Å². The molecule has 0 amide bonds. The first kappa shape index (κ1) is 14.8. The standard InChI is InChI=1S/C14H24N2O2/c1-14(2,3)18-10-6-7-13(17)11(9-10)12(16)5-4-8-15/h6-7,9,12,17H,4-5,8,15-16H2,1-3H3/t12-/m1/s1. The molecule has 5 N–H and O–H groups in total. The Kier molecular flexibility index (Phi) is 4.99. The van der Waals surface area contributed by atoms with E-state index in [4.69, 9.17) is 16.2 Å². The van der Waals surface area contributed by atoms with Crippen LogP contribution in [0.5, 0.6) is 11.5 Å². The molecule has 0 aliphatic rings. The van der Waals surface area contributed by atoms with Crippen LogP contribution in [0, 0.1) is 0 Å². The van der Waals surface area contributed by atoms with Gasteiger partial charge >= 0.3 is 0 Å². The number of hydrogen-bond acceptors (Lipinski definition) is 4. The quantitative estimate of drug-likeness (QED) is 0.751. The van der Waals surface area contributed by atoms with Gasteiger partial charge < -0.3 is 21.3 Å². The molecule has 4 heteroatoms. The van der Waals surface area contributed by atoms with Crippen molar-refractivity contribution < 1.29 is 9.84 Å². The van der Waals surface area contributed by atoms with E-state index in [-0.39, 0.29) is 17.4 Å². The molecule has 0 radical (unpaired) electrons. The number of benzene rings is 1. The lowest BCUT2D eigenvalue weighted by molar-refractivity contribution is 0.130. The van der Waals surface area contributed by atoms with Gasteiger partial charge in [0.05, 0.1) is 0 Å². The maximum absolute atomic E-state index is 9.84. The first-order valence-electron chi connectivity index (χ1n) is 6.31. The third-order valence-electron chi connectivity index (χ3n) is 2.54. The predicted octanol–water partition coefficient (Wildman–Crippen LogP) is 2.31.